The summed E-state index contributed by atoms with van der Waals surface area (Å²) in [6, 6.07) is 14.3. The van der Waals surface area contributed by atoms with Gasteiger partial charge in [-0.05, 0) is 24.3 Å². The van der Waals surface area contributed by atoms with Gasteiger partial charge in [0.25, 0.3) is 0 Å². The Morgan fingerprint density at radius 2 is 1.95 bits per heavy atom. The van der Waals surface area contributed by atoms with E-state index in [2.05, 4.69) is 9.94 Å². The third kappa shape index (κ3) is 1.84. The van der Waals surface area contributed by atoms with Gasteiger partial charge in [-0.2, -0.15) is 9.36 Å². The molecule has 0 amide bonds. The number of aryl methyl sites for hydroxylation is 1. The van der Waals surface area contributed by atoms with E-state index in [9.17, 15) is 4.79 Å². The van der Waals surface area contributed by atoms with Crippen molar-refractivity contribution in [2.45, 2.75) is 0 Å². The van der Waals surface area contributed by atoms with Crippen molar-refractivity contribution >= 4 is 16.7 Å². The highest BCUT2D eigenvalue weighted by atomic mass is 16.2. The number of hydrogen-bond donors (Lipinski definition) is 0. The summed E-state index contributed by atoms with van der Waals surface area (Å²) in [4.78, 5) is 15.7. The molecule has 96 valence electrons. The average Bonchev–Trinajstić information content (AvgIpc) is 2.51. The minimum Gasteiger partial charge on any atom is -0.238 e. The standard InChI is InChI=1S/C15H11N4O/c1-16-11-8-9-14-13(10-11)17-19(15(20)18(14)2)12-6-4-3-5-7-12/h3-10H,2H3/q+1. The second kappa shape index (κ2) is 4.59. The van der Waals surface area contributed by atoms with Crippen LogP contribution >= 0.6 is 0 Å². The first kappa shape index (κ1) is 12.1. The summed E-state index contributed by atoms with van der Waals surface area (Å²) in [7, 11) is 1.70. The molecule has 0 aliphatic heterocycles. The van der Waals surface area contributed by atoms with E-state index in [1.807, 2.05) is 30.3 Å². The van der Waals surface area contributed by atoms with Crippen LogP contribution in [0.5, 0.6) is 0 Å². The van der Waals surface area contributed by atoms with Crippen molar-refractivity contribution in [1.82, 2.24) is 9.78 Å². The Balaban J connectivity index is 2.37. The Kier molecular flexibility index (Phi) is 2.77. The highest BCUT2D eigenvalue weighted by molar-refractivity contribution is 5.75. The topological polar surface area (TPSA) is 43.1 Å². The molecule has 3 aromatic rings. The Morgan fingerprint density at radius 3 is 2.65 bits per heavy atom. The van der Waals surface area contributed by atoms with Crippen LogP contribution in [-0.4, -0.2) is 9.78 Å². The molecular formula is C15H11N4O+. The predicted octanol–water partition coefficient (Wildman–Crippen LogP) is 1.76. The Hall–Kier alpha value is -3.00. The number of rotatable bonds is 1. The molecule has 0 saturated carbocycles. The van der Waals surface area contributed by atoms with Crippen LogP contribution in [0.2, 0.25) is 0 Å². The molecule has 0 saturated heterocycles. The maximum atomic E-state index is 12.3. The molecule has 5 heteroatoms. The van der Waals surface area contributed by atoms with Crippen LogP contribution in [0, 0.1) is 6.57 Å². The molecule has 0 radical (unpaired) electrons. The van der Waals surface area contributed by atoms with Crippen molar-refractivity contribution < 1.29 is 4.57 Å². The third-order valence-corrected chi connectivity index (χ3v) is 3.13. The fourth-order valence-corrected chi connectivity index (χ4v) is 2.08. The summed E-state index contributed by atoms with van der Waals surface area (Å²) in [6.45, 7) is 7.05. The SMILES string of the molecule is [C-]#[N+]c1ccc2c(c1)nn(-c1ccccc1)c(=O)[n+]2C. The molecule has 0 bridgehead atoms. The van der Waals surface area contributed by atoms with Crippen molar-refractivity contribution in [3.63, 3.8) is 0 Å². The molecule has 0 atom stereocenters. The van der Waals surface area contributed by atoms with Crippen LogP contribution < -0.4 is 10.3 Å². The van der Waals surface area contributed by atoms with E-state index in [1.165, 1.54) is 9.25 Å². The van der Waals surface area contributed by atoms with Crippen molar-refractivity contribution in [2.75, 3.05) is 0 Å². The van der Waals surface area contributed by atoms with Crippen molar-refractivity contribution in [3.05, 3.63) is 70.4 Å². The van der Waals surface area contributed by atoms with Gasteiger partial charge in [-0.3, -0.25) is 0 Å². The normalized spacial score (nSPS) is 10.4. The van der Waals surface area contributed by atoms with E-state index < -0.39 is 0 Å². The molecule has 3 rings (SSSR count). The number of hydrogen-bond acceptors (Lipinski definition) is 2. The maximum Gasteiger partial charge on any atom is 0.524 e. The van der Waals surface area contributed by atoms with Crippen molar-refractivity contribution in [2.24, 2.45) is 7.05 Å². The van der Waals surface area contributed by atoms with Gasteiger partial charge in [-0.25, -0.2) is 4.85 Å². The van der Waals surface area contributed by atoms with Gasteiger partial charge in [0.1, 0.15) is 5.52 Å². The summed E-state index contributed by atoms with van der Waals surface area (Å²) in [5, 5.41) is 4.35. The van der Waals surface area contributed by atoms with Gasteiger partial charge in [0.05, 0.1) is 13.6 Å². The van der Waals surface area contributed by atoms with Crippen LogP contribution in [-0.2, 0) is 7.05 Å². The summed E-state index contributed by atoms with van der Waals surface area (Å²) < 4.78 is 2.87. The smallest absolute Gasteiger partial charge is 0.238 e. The zero-order valence-corrected chi connectivity index (χ0v) is 10.8. The lowest BCUT2D eigenvalue weighted by molar-refractivity contribution is -0.665. The first-order valence-electron chi connectivity index (χ1n) is 6.07. The number of benzene rings is 2. The molecule has 5 nitrogen and oxygen atoms in total. The summed E-state index contributed by atoms with van der Waals surface area (Å²) >= 11 is 0. The second-order valence-electron chi connectivity index (χ2n) is 4.37. The monoisotopic (exact) mass is 263 g/mol. The molecule has 1 heterocycles. The highest BCUT2D eigenvalue weighted by Gasteiger charge is 2.16. The van der Waals surface area contributed by atoms with Crippen molar-refractivity contribution in [3.8, 4) is 5.69 Å². The third-order valence-electron chi connectivity index (χ3n) is 3.13. The molecule has 0 fully saturated rings. The highest BCUT2D eigenvalue weighted by Crippen LogP contribution is 2.16. The minimum absolute atomic E-state index is 0.223. The maximum absolute atomic E-state index is 12.3. The number of para-hydroxylation sites is 1. The number of aromatic nitrogens is 3. The van der Waals surface area contributed by atoms with Crippen molar-refractivity contribution in [1.29, 1.82) is 0 Å². The summed E-state index contributed by atoms with van der Waals surface area (Å²) in [5.74, 6) is 0. The lowest BCUT2D eigenvalue weighted by atomic mass is 10.2. The number of nitrogens with zero attached hydrogens (tertiary/aromatic N) is 4. The van der Waals surface area contributed by atoms with E-state index in [-0.39, 0.29) is 5.69 Å². The zero-order chi connectivity index (χ0) is 14.1. The Bertz CT molecular complexity index is 891. The molecular weight excluding hydrogens is 252 g/mol. The predicted molar refractivity (Wildman–Crippen MR) is 74.8 cm³/mol. The van der Waals surface area contributed by atoms with Gasteiger partial charge in [0.15, 0.2) is 16.9 Å². The molecule has 1 aromatic heterocycles. The molecule has 0 N–H and O–H groups in total. The Morgan fingerprint density at radius 1 is 1.20 bits per heavy atom. The van der Waals surface area contributed by atoms with Crippen LogP contribution in [0.25, 0.3) is 21.6 Å². The van der Waals surface area contributed by atoms with Gasteiger partial charge < -0.3 is 0 Å². The lowest BCUT2D eigenvalue weighted by Crippen LogP contribution is -2.52. The molecule has 20 heavy (non-hydrogen) atoms. The van der Waals surface area contributed by atoms with Gasteiger partial charge >= 0.3 is 5.69 Å². The lowest BCUT2D eigenvalue weighted by Gasteiger charge is -2.02. The summed E-state index contributed by atoms with van der Waals surface area (Å²) in [6.07, 6.45) is 0. The van der Waals surface area contributed by atoms with E-state index in [0.717, 1.165) is 0 Å². The average molecular weight is 263 g/mol. The Labute approximate surface area is 115 Å². The number of fused-ring (bicyclic) bond motifs is 1. The fourth-order valence-electron chi connectivity index (χ4n) is 2.08. The van der Waals surface area contributed by atoms with Crippen LogP contribution in [0.4, 0.5) is 5.69 Å². The first-order chi connectivity index (χ1) is 9.70. The van der Waals surface area contributed by atoms with E-state index in [1.54, 1.807) is 25.2 Å². The molecule has 0 aliphatic carbocycles. The zero-order valence-electron chi connectivity index (χ0n) is 10.8. The quantitative estimate of drug-likeness (QED) is 0.496. The van der Waals surface area contributed by atoms with Crippen LogP contribution in [0.1, 0.15) is 0 Å². The largest absolute Gasteiger partial charge is 0.524 e. The van der Waals surface area contributed by atoms with Gasteiger partial charge in [0, 0.05) is 0 Å². The van der Waals surface area contributed by atoms with Gasteiger partial charge in [-0.1, -0.05) is 34.0 Å². The first-order valence-corrected chi connectivity index (χ1v) is 6.07. The summed E-state index contributed by atoms with van der Waals surface area (Å²) in [5.41, 5.74) is 2.30. The van der Waals surface area contributed by atoms with E-state index in [4.69, 9.17) is 6.57 Å². The van der Waals surface area contributed by atoms with Crippen LogP contribution in [0.3, 0.4) is 0 Å². The van der Waals surface area contributed by atoms with Gasteiger partial charge in [-0.15, -0.1) is 0 Å². The second-order valence-corrected chi connectivity index (χ2v) is 4.37. The van der Waals surface area contributed by atoms with Gasteiger partial charge in [0.2, 0.25) is 0 Å². The minimum atomic E-state index is -0.223. The fraction of sp³-hybridized carbons (Fsp3) is 0.0667. The molecule has 0 aliphatic rings. The van der Waals surface area contributed by atoms with E-state index in [0.29, 0.717) is 22.4 Å². The molecule has 2 aromatic carbocycles. The molecule has 0 unspecified atom stereocenters. The van der Waals surface area contributed by atoms with Crippen LogP contribution in [0.15, 0.2) is 53.3 Å². The molecule has 0 spiro atoms. The van der Waals surface area contributed by atoms with E-state index >= 15 is 0 Å².